The van der Waals surface area contributed by atoms with Gasteiger partial charge in [0.1, 0.15) is 0 Å². The lowest BCUT2D eigenvalue weighted by Gasteiger charge is -2.24. The van der Waals surface area contributed by atoms with E-state index in [0.717, 1.165) is 42.9 Å². The van der Waals surface area contributed by atoms with Crippen LogP contribution in [-0.4, -0.2) is 24.7 Å². The van der Waals surface area contributed by atoms with Crippen molar-refractivity contribution in [2.75, 3.05) is 25.0 Å². The van der Waals surface area contributed by atoms with E-state index in [1.54, 1.807) is 0 Å². The van der Waals surface area contributed by atoms with E-state index in [-0.39, 0.29) is 0 Å². The van der Waals surface area contributed by atoms with Gasteiger partial charge in [0, 0.05) is 55.4 Å². The Morgan fingerprint density at radius 3 is 2.38 bits per heavy atom. The fourth-order valence-corrected chi connectivity index (χ4v) is 4.20. The third-order valence-corrected chi connectivity index (χ3v) is 5.86. The van der Waals surface area contributed by atoms with Crippen LogP contribution < -0.4 is 10.2 Å². The van der Waals surface area contributed by atoms with E-state index in [9.17, 15) is 5.26 Å². The summed E-state index contributed by atoms with van der Waals surface area (Å²) in [5.74, 6) is 0. The maximum atomic E-state index is 9.45. The quantitative estimate of drug-likeness (QED) is 0.314. The second-order valence-corrected chi connectivity index (χ2v) is 8.17. The normalized spacial score (nSPS) is 12.1. The number of allylic oxidation sites excluding steroid dienone is 3. The topological polar surface area (TPSA) is 44.0 Å². The molecular formula is C28H34N4. The summed E-state index contributed by atoms with van der Waals surface area (Å²) in [6, 6.07) is 20.0. The largest absolute Gasteiger partial charge is 0.394 e. The molecule has 4 nitrogen and oxygen atoms in total. The van der Waals surface area contributed by atoms with Crippen molar-refractivity contribution in [3.05, 3.63) is 72.1 Å². The number of fused-ring (bicyclic) bond motifs is 1. The molecule has 0 saturated carbocycles. The van der Waals surface area contributed by atoms with Crippen molar-refractivity contribution in [3.8, 4) is 17.3 Å². The van der Waals surface area contributed by atoms with Crippen LogP contribution in [0.15, 0.2) is 66.4 Å². The third kappa shape index (κ3) is 4.89. The van der Waals surface area contributed by atoms with Crippen molar-refractivity contribution in [3.63, 3.8) is 0 Å². The van der Waals surface area contributed by atoms with E-state index in [4.69, 9.17) is 0 Å². The highest BCUT2D eigenvalue weighted by atomic mass is 15.1. The van der Waals surface area contributed by atoms with Crippen LogP contribution in [0, 0.1) is 11.3 Å². The Kier molecular flexibility index (Phi) is 7.78. The molecule has 0 aliphatic heterocycles. The third-order valence-electron chi connectivity index (χ3n) is 5.86. The molecule has 1 N–H and O–H groups in total. The van der Waals surface area contributed by atoms with Crippen LogP contribution >= 0.6 is 0 Å². The van der Waals surface area contributed by atoms with Gasteiger partial charge in [-0.1, -0.05) is 32.0 Å². The predicted octanol–water partition coefficient (Wildman–Crippen LogP) is 6.50. The van der Waals surface area contributed by atoms with Crippen LogP contribution in [0.4, 0.5) is 5.69 Å². The van der Waals surface area contributed by atoms with Gasteiger partial charge < -0.3 is 14.8 Å². The summed E-state index contributed by atoms with van der Waals surface area (Å²) in [6.45, 7) is 8.50. The van der Waals surface area contributed by atoms with Crippen LogP contribution in [0.25, 0.3) is 27.6 Å². The number of hydrogen-bond acceptors (Lipinski definition) is 3. The molecule has 0 atom stereocenters. The zero-order valence-electron chi connectivity index (χ0n) is 19.9. The van der Waals surface area contributed by atoms with Crippen LogP contribution in [-0.2, 0) is 7.05 Å². The summed E-state index contributed by atoms with van der Waals surface area (Å²) in [6.07, 6.45) is 6.12. The van der Waals surface area contributed by atoms with E-state index in [0.29, 0.717) is 5.57 Å². The van der Waals surface area contributed by atoms with Gasteiger partial charge in [-0.2, -0.15) is 5.26 Å². The number of nitrogens with one attached hydrogen (secondary N) is 1. The van der Waals surface area contributed by atoms with E-state index in [1.807, 2.05) is 26.2 Å². The van der Waals surface area contributed by atoms with Gasteiger partial charge in [-0.15, -0.1) is 0 Å². The number of rotatable bonds is 9. The SMILES string of the molecule is CCCN(CCC)c1ccc2cc(-c3ccc(C(/C=C\NC)=C(/C)C#N)n3C)ccc2c1. The highest BCUT2D eigenvalue weighted by Gasteiger charge is 2.13. The van der Waals surface area contributed by atoms with Gasteiger partial charge in [0.15, 0.2) is 0 Å². The Labute approximate surface area is 192 Å². The average Bonchev–Trinajstić information content (AvgIpc) is 3.19. The molecule has 4 heteroatoms. The molecule has 0 radical (unpaired) electrons. The van der Waals surface area contributed by atoms with Crippen LogP contribution in [0.3, 0.4) is 0 Å². The smallest absolute Gasteiger partial charge is 0.0951 e. The van der Waals surface area contributed by atoms with E-state index >= 15 is 0 Å². The van der Waals surface area contributed by atoms with Crippen molar-refractivity contribution in [1.29, 1.82) is 5.26 Å². The van der Waals surface area contributed by atoms with Gasteiger partial charge in [-0.25, -0.2) is 0 Å². The van der Waals surface area contributed by atoms with Gasteiger partial charge in [0.2, 0.25) is 0 Å². The zero-order valence-corrected chi connectivity index (χ0v) is 19.9. The highest BCUT2D eigenvalue weighted by molar-refractivity contribution is 5.90. The molecule has 3 aromatic rings. The van der Waals surface area contributed by atoms with Crippen molar-refractivity contribution >= 4 is 22.0 Å². The summed E-state index contributed by atoms with van der Waals surface area (Å²) in [5, 5.41) is 15.0. The molecule has 2 aromatic carbocycles. The van der Waals surface area contributed by atoms with Crippen molar-refractivity contribution in [2.45, 2.75) is 33.6 Å². The number of aromatic nitrogens is 1. The summed E-state index contributed by atoms with van der Waals surface area (Å²) in [7, 11) is 3.92. The van der Waals surface area contributed by atoms with E-state index in [2.05, 4.69) is 90.3 Å². The van der Waals surface area contributed by atoms with Crippen molar-refractivity contribution in [1.82, 2.24) is 9.88 Å². The maximum absolute atomic E-state index is 9.45. The molecule has 0 aliphatic carbocycles. The Balaban J connectivity index is 2.00. The van der Waals surface area contributed by atoms with Crippen molar-refractivity contribution in [2.24, 2.45) is 7.05 Å². The Hall–Kier alpha value is -3.45. The predicted molar refractivity (Wildman–Crippen MR) is 138 cm³/mol. The lowest BCUT2D eigenvalue weighted by Crippen LogP contribution is -2.24. The highest BCUT2D eigenvalue weighted by Crippen LogP contribution is 2.31. The second-order valence-electron chi connectivity index (χ2n) is 8.17. The minimum atomic E-state index is 0.694. The molecule has 1 heterocycles. The van der Waals surface area contributed by atoms with E-state index in [1.165, 1.54) is 22.0 Å². The van der Waals surface area contributed by atoms with Crippen LogP contribution in [0.5, 0.6) is 0 Å². The lowest BCUT2D eigenvalue weighted by molar-refractivity contribution is 0.745. The van der Waals surface area contributed by atoms with Gasteiger partial charge >= 0.3 is 0 Å². The molecule has 1 aromatic heterocycles. The summed E-state index contributed by atoms with van der Waals surface area (Å²) >= 11 is 0. The maximum Gasteiger partial charge on any atom is 0.0951 e. The van der Waals surface area contributed by atoms with E-state index < -0.39 is 0 Å². The number of anilines is 1. The minimum absolute atomic E-state index is 0.694. The molecule has 0 spiro atoms. The number of hydrogen-bond donors (Lipinski definition) is 1. The standard InChI is InChI=1S/C28H34N4/c1-6-16-32(17-7-2)25-11-10-22-18-24(9-8-23(22)19-25)27-12-13-28(31(27)5)26(14-15-30-4)21(3)20-29/h8-15,18-19,30H,6-7,16-17H2,1-5H3/b15-14-,26-21-. The lowest BCUT2D eigenvalue weighted by atomic mass is 10.0. The molecule has 0 amide bonds. The first-order valence-electron chi connectivity index (χ1n) is 11.4. The monoisotopic (exact) mass is 426 g/mol. The fourth-order valence-electron chi connectivity index (χ4n) is 4.20. The summed E-state index contributed by atoms with van der Waals surface area (Å²) in [5.41, 5.74) is 6.24. The molecule has 0 aliphatic rings. The van der Waals surface area contributed by atoms with Crippen molar-refractivity contribution < 1.29 is 0 Å². The molecule has 166 valence electrons. The average molecular weight is 427 g/mol. The summed E-state index contributed by atoms with van der Waals surface area (Å²) in [4.78, 5) is 2.47. The number of nitriles is 1. The van der Waals surface area contributed by atoms with Crippen LogP contribution in [0.2, 0.25) is 0 Å². The number of benzene rings is 2. The van der Waals surface area contributed by atoms with Gasteiger partial charge in [0.25, 0.3) is 0 Å². The zero-order chi connectivity index (χ0) is 23.1. The molecule has 32 heavy (non-hydrogen) atoms. The van der Waals surface area contributed by atoms with Gasteiger partial charge in [-0.05, 0) is 78.7 Å². The minimum Gasteiger partial charge on any atom is -0.394 e. The van der Waals surface area contributed by atoms with Gasteiger partial charge in [-0.3, -0.25) is 0 Å². The molecule has 3 rings (SSSR count). The second kappa shape index (κ2) is 10.7. The summed E-state index contributed by atoms with van der Waals surface area (Å²) < 4.78 is 2.16. The molecular weight excluding hydrogens is 392 g/mol. The number of nitrogens with zero attached hydrogens (tertiary/aromatic N) is 3. The fraction of sp³-hybridized carbons (Fsp3) is 0.321. The Morgan fingerprint density at radius 2 is 1.72 bits per heavy atom. The molecule has 0 fully saturated rings. The molecule has 0 bridgehead atoms. The van der Waals surface area contributed by atoms with Crippen LogP contribution in [0.1, 0.15) is 39.3 Å². The first-order chi connectivity index (χ1) is 15.5. The first-order valence-corrected chi connectivity index (χ1v) is 11.4. The van der Waals surface area contributed by atoms with Gasteiger partial charge in [0.05, 0.1) is 6.07 Å². The Morgan fingerprint density at radius 1 is 1.03 bits per heavy atom. The Bertz CT molecular complexity index is 1170. The molecule has 0 unspecified atom stereocenters. The molecule has 0 saturated heterocycles. The first kappa shape index (κ1) is 23.2.